The highest BCUT2D eigenvalue weighted by atomic mass is 16.3. The first kappa shape index (κ1) is 14.9. The Kier molecular flexibility index (Phi) is 4.65. The third kappa shape index (κ3) is 3.73. The molecule has 0 unspecified atom stereocenters. The molecule has 1 aromatic carbocycles. The van der Waals surface area contributed by atoms with Crippen LogP contribution in [0.5, 0.6) is 5.75 Å². The van der Waals surface area contributed by atoms with Crippen LogP contribution in [0.15, 0.2) is 18.2 Å². The van der Waals surface area contributed by atoms with Crippen molar-refractivity contribution in [1.29, 1.82) is 0 Å². The minimum Gasteiger partial charge on any atom is -0.508 e. The van der Waals surface area contributed by atoms with Crippen molar-refractivity contribution in [2.24, 2.45) is 0 Å². The molecule has 0 aliphatic heterocycles. The molecule has 4 heteroatoms. The Balaban J connectivity index is 1.95. The zero-order valence-corrected chi connectivity index (χ0v) is 12.0. The molecule has 110 valence electrons. The lowest BCUT2D eigenvalue weighted by Crippen LogP contribution is -2.42. The van der Waals surface area contributed by atoms with Gasteiger partial charge in [0.1, 0.15) is 5.75 Å². The zero-order chi connectivity index (χ0) is 14.6. The molecule has 0 radical (unpaired) electrons. The van der Waals surface area contributed by atoms with E-state index in [-0.39, 0.29) is 11.7 Å². The molecule has 0 aromatic heterocycles. The lowest BCUT2D eigenvalue weighted by atomic mass is 9.94. The average molecular weight is 277 g/mol. The maximum Gasteiger partial charge on any atom is 0.251 e. The average Bonchev–Trinajstić information content (AvgIpc) is 2.65. The van der Waals surface area contributed by atoms with Gasteiger partial charge in [-0.3, -0.25) is 4.79 Å². The van der Waals surface area contributed by atoms with Crippen molar-refractivity contribution in [2.75, 3.05) is 6.54 Å². The number of rotatable bonds is 3. The molecule has 3 N–H and O–H groups in total. The van der Waals surface area contributed by atoms with E-state index >= 15 is 0 Å². The Hall–Kier alpha value is -1.55. The monoisotopic (exact) mass is 277 g/mol. The van der Waals surface area contributed by atoms with Gasteiger partial charge in [0.15, 0.2) is 0 Å². The van der Waals surface area contributed by atoms with Gasteiger partial charge in [-0.25, -0.2) is 0 Å². The van der Waals surface area contributed by atoms with Crippen LogP contribution in [-0.4, -0.2) is 28.3 Å². The van der Waals surface area contributed by atoms with Gasteiger partial charge in [-0.2, -0.15) is 0 Å². The summed E-state index contributed by atoms with van der Waals surface area (Å²) in [6.07, 6.45) is 5.86. The van der Waals surface area contributed by atoms with Crippen molar-refractivity contribution in [3.63, 3.8) is 0 Å². The lowest BCUT2D eigenvalue weighted by Gasteiger charge is -2.26. The molecule has 1 aliphatic carbocycles. The molecular formula is C16H23NO3. The summed E-state index contributed by atoms with van der Waals surface area (Å²) in [6, 6.07) is 4.77. The summed E-state index contributed by atoms with van der Waals surface area (Å²) in [5, 5.41) is 22.8. The molecule has 20 heavy (non-hydrogen) atoms. The van der Waals surface area contributed by atoms with E-state index in [1.165, 1.54) is 6.07 Å². The number of phenolic OH excluding ortho intramolecular Hbond substituents is 1. The third-order valence-corrected chi connectivity index (χ3v) is 4.07. The zero-order valence-electron chi connectivity index (χ0n) is 12.0. The minimum absolute atomic E-state index is 0.184. The van der Waals surface area contributed by atoms with Crippen molar-refractivity contribution in [3.8, 4) is 5.75 Å². The second-order valence-corrected chi connectivity index (χ2v) is 5.82. The van der Waals surface area contributed by atoms with Gasteiger partial charge in [0.25, 0.3) is 5.91 Å². The first-order valence-corrected chi connectivity index (χ1v) is 7.30. The predicted octanol–water partition coefficient (Wildman–Crippen LogP) is 2.52. The van der Waals surface area contributed by atoms with Gasteiger partial charge in [-0.1, -0.05) is 25.7 Å². The van der Waals surface area contributed by atoms with E-state index in [1.54, 1.807) is 19.1 Å². The van der Waals surface area contributed by atoms with E-state index in [9.17, 15) is 15.0 Å². The summed E-state index contributed by atoms with van der Waals surface area (Å²) in [5.41, 5.74) is 0.418. The fourth-order valence-electron chi connectivity index (χ4n) is 2.71. The summed E-state index contributed by atoms with van der Waals surface area (Å²) in [5.74, 6) is -0.0188. The molecule has 2 rings (SSSR count). The Morgan fingerprint density at radius 3 is 2.50 bits per heavy atom. The van der Waals surface area contributed by atoms with Crippen LogP contribution < -0.4 is 5.32 Å². The highest BCUT2D eigenvalue weighted by molar-refractivity contribution is 5.94. The second kappa shape index (κ2) is 6.27. The molecule has 0 heterocycles. The first-order chi connectivity index (χ1) is 9.50. The highest BCUT2D eigenvalue weighted by Crippen LogP contribution is 2.26. The predicted molar refractivity (Wildman–Crippen MR) is 77.8 cm³/mol. The van der Waals surface area contributed by atoms with Crippen LogP contribution in [-0.2, 0) is 0 Å². The van der Waals surface area contributed by atoms with Gasteiger partial charge in [0, 0.05) is 12.1 Å². The number of hydrogen-bond donors (Lipinski definition) is 3. The highest BCUT2D eigenvalue weighted by Gasteiger charge is 2.28. The van der Waals surface area contributed by atoms with Crippen molar-refractivity contribution in [2.45, 2.75) is 51.0 Å². The molecule has 1 aliphatic rings. The molecular weight excluding hydrogens is 254 g/mol. The van der Waals surface area contributed by atoms with Crippen LogP contribution in [0.3, 0.4) is 0 Å². The van der Waals surface area contributed by atoms with E-state index in [1.807, 2.05) is 0 Å². The topological polar surface area (TPSA) is 69.6 Å². The Labute approximate surface area is 119 Å². The van der Waals surface area contributed by atoms with Crippen LogP contribution >= 0.6 is 0 Å². The van der Waals surface area contributed by atoms with Gasteiger partial charge in [-0.05, 0) is 43.5 Å². The molecule has 4 nitrogen and oxygen atoms in total. The van der Waals surface area contributed by atoms with Gasteiger partial charge < -0.3 is 15.5 Å². The van der Waals surface area contributed by atoms with Crippen LogP contribution in [0.25, 0.3) is 0 Å². The molecule has 0 saturated heterocycles. The minimum atomic E-state index is -0.766. The maximum atomic E-state index is 12.1. The van der Waals surface area contributed by atoms with Gasteiger partial charge >= 0.3 is 0 Å². The normalized spacial score (nSPS) is 18.3. The fraction of sp³-hybridized carbons (Fsp3) is 0.562. The summed E-state index contributed by atoms with van der Waals surface area (Å²) in [4.78, 5) is 12.1. The number of benzene rings is 1. The number of carbonyl (C=O) groups is 1. The van der Waals surface area contributed by atoms with Crippen LogP contribution in [0, 0.1) is 6.92 Å². The quantitative estimate of drug-likeness (QED) is 0.744. The number of aryl methyl sites for hydroxylation is 1. The van der Waals surface area contributed by atoms with E-state index < -0.39 is 5.60 Å². The second-order valence-electron chi connectivity index (χ2n) is 5.82. The van der Waals surface area contributed by atoms with E-state index in [4.69, 9.17) is 0 Å². The Morgan fingerprint density at radius 2 is 1.90 bits per heavy atom. The van der Waals surface area contributed by atoms with Gasteiger partial charge in [-0.15, -0.1) is 0 Å². The molecule has 0 spiro atoms. The van der Waals surface area contributed by atoms with Crippen LogP contribution in [0.2, 0.25) is 0 Å². The molecule has 1 fully saturated rings. The van der Waals surface area contributed by atoms with Crippen molar-refractivity contribution >= 4 is 5.91 Å². The molecule has 0 bridgehead atoms. The van der Waals surface area contributed by atoms with Crippen molar-refractivity contribution in [3.05, 3.63) is 29.3 Å². The summed E-state index contributed by atoms with van der Waals surface area (Å²) in [6.45, 7) is 2.05. The number of carbonyl (C=O) groups excluding carboxylic acids is 1. The lowest BCUT2D eigenvalue weighted by molar-refractivity contribution is 0.0246. The summed E-state index contributed by atoms with van der Waals surface area (Å²) < 4.78 is 0. The number of nitrogens with one attached hydrogen (secondary N) is 1. The molecule has 1 amide bonds. The summed E-state index contributed by atoms with van der Waals surface area (Å²) >= 11 is 0. The summed E-state index contributed by atoms with van der Waals surface area (Å²) in [7, 11) is 0. The largest absolute Gasteiger partial charge is 0.508 e. The van der Waals surface area contributed by atoms with Gasteiger partial charge in [0.2, 0.25) is 0 Å². The molecule has 1 saturated carbocycles. The number of aliphatic hydroxyl groups is 1. The Bertz CT molecular complexity index is 477. The van der Waals surface area contributed by atoms with Crippen molar-refractivity contribution < 1.29 is 15.0 Å². The van der Waals surface area contributed by atoms with E-state index in [2.05, 4.69) is 5.32 Å². The standard InChI is InChI=1S/C16H23NO3/c1-12-10-13(6-7-14(12)18)15(19)17-11-16(20)8-4-2-3-5-9-16/h6-7,10,18,20H,2-5,8-9,11H2,1H3,(H,17,19). The maximum absolute atomic E-state index is 12.1. The number of aromatic hydroxyl groups is 1. The molecule has 0 atom stereocenters. The van der Waals surface area contributed by atoms with E-state index in [0.717, 1.165) is 38.5 Å². The SMILES string of the molecule is Cc1cc(C(=O)NCC2(O)CCCCCC2)ccc1O. The van der Waals surface area contributed by atoms with Crippen LogP contribution in [0.1, 0.15) is 54.4 Å². The number of amides is 1. The van der Waals surface area contributed by atoms with Gasteiger partial charge in [0.05, 0.1) is 5.60 Å². The fourth-order valence-corrected chi connectivity index (χ4v) is 2.71. The Morgan fingerprint density at radius 1 is 1.25 bits per heavy atom. The third-order valence-electron chi connectivity index (χ3n) is 4.07. The van der Waals surface area contributed by atoms with E-state index in [0.29, 0.717) is 17.7 Å². The number of hydrogen-bond acceptors (Lipinski definition) is 3. The van der Waals surface area contributed by atoms with Crippen molar-refractivity contribution in [1.82, 2.24) is 5.32 Å². The number of phenols is 1. The van der Waals surface area contributed by atoms with Crippen LogP contribution in [0.4, 0.5) is 0 Å². The smallest absolute Gasteiger partial charge is 0.251 e. The first-order valence-electron chi connectivity index (χ1n) is 7.30. The molecule has 1 aromatic rings.